The molecule has 3 N–H and O–H groups in total. The maximum atomic E-state index is 11.2. The summed E-state index contributed by atoms with van der Waals surface area (Å²) in [6.45, 7) is 3.54. The standard InChI is InChI=1S/C7H11N3O2/c1-4(2)12-7(11)6-5(8)3-9-10-6/h3-4H,8H2,1-2H3,(H,9,10). The van der Waals surface area contributed by atoms with Crippen LogP contribution in [0.5, 0.6) is 0 Å². The van der Waals surface area contributed by atoms with Crippen molar-refractivity contribution in [1.82, 2.24) is 10.2 Å². The van der Waals surface area contributed by atoms with Crippen molar-refractivity contribution in [3.8, 4) is 0 Å². The average Bonchev–Trinajstić information content (AvgIpc) is 2.33. The van der Waals surface area contributed by atoms with E-state index >= 15 is 0 Å². The van der Waals surface area contributed by atoms with Crippen molar-refractivity contribution in [2.75, 3.05) is 5.73 Å². The maximum absolute atomic E-state index is 11.2. The van der Waals surface area contributed by atoms with Crippen LogP contribution in [0.25, 0.3) is 0 Å². The first kappa shape index (κ1) is 8.58. The largest absolute Gasteiger partial charge is 0.458 e. The summed E-state index contributed by atoms with van der Waals surface area (Å²) >= 11 is 0. The summed E-state index contributed by atoms with van der Waals surface area (Å²) in [4.78, 5) is 11.2. The molecule has 0 aliphatic rings. The van der Waals surface area contributed by atoms with Crippen LogP contribution in [0, 0.1) is 0 Å². The lowest BCUT2D eigenvalue weighted by Crippen LogP contribution is -2.13. The molecule has 0 atom stereocenters. The number of nitrogens with two attached hydrogens (primary N) is 1. The third kappa shape index (κ3) is 1.75. The van der Waals surface area contributed by atoms with Gasteiger partial charge in [0.05, 0.1) is 18.0 Å². The van der Waals surface area contributed by atoms with Crippen molar-refractivity contribution in [2.24, 2.45) is 0 Å². The fourth-order valence-corrected chi connectivity index (χ4v) is 0.732. The number of nitrogens with one attached hydrogen (secondary N) is 1. The summed E-state index contributed by atoms with van der Waals surface area (Å²) in [7, 11) is 0. The Morgan fingerprint density at radius 3 is 2.83 bits per heavy atom. The molecule has 0 bridgehead atoms. The molecule has 0 aliphatic carbocycles. The number of H-pyrrole nitrogens is 1. The number of carbonyl (C=O) groups excluding carboxylic acids is 1. The van der Waals surface area contributed by atoms with Gasteiger partial charge in [-0.1, -0.05) is 0 Å². The van der Waals surface area contributed by atoms with Gasteiger partial charge in [-0.25, -0.2) is 4.79 Å². The number of hydrogen-bond donors (Lipinski definition) is 2. The third-order valence-corrected chi connectivity index (χ3v) is 1.22. The van der Waals surface area contributed by atoms with E-state index in [9.17, 15) is 4.79 Å². The highest BCUT2D eigenvalue weighted by Gasteiger charge is 2.13. The highest BCUT2D eigenvalue weighted by molar-refractivity contribution is 5.92. The first-order valence-corrected chi connectivity index (χ1v) is 3.61. The lowest BCUT2D eigenvalue weighted by Gasteiger charge is -2.05. The van der Waals surface area contributed by atoms with Crippen LogP contribution in [0.1, 0.15) is 24.3 Å². The van der Waals surface area contributed by atoms with Crippen molar-refractivity contribution >= 4 is 11.7 Å². The fraction of sp³-hybridized carbons (Fsp3) is 0.429. The van der Waals surface area contributed by atoms with Gasteiger partial charge in [0, 0.05) is 0 Å². The Kier molecular flexibility index (Phi) is 2.32. The Bertz CT molecular complexity index is 280. The zero-order valence-corrected chi connectivity index (χ0v) is 7.00. The molecular formula is C7H11N3O2. The van der Waals surface area contributed by atoms with Crippen LogP contribution in [0.3, 0.4) is 0 Å². The van der Waals surface area contributed by atoms with Gasteiger partial charge in [-0.2, -0.15) is 5.10 Å². The first-order chi connectivity index (χ1) is 5.61. The predicted molar refractivity (Wildman–Crippen MR) is 43.6 cm³/mol. The molecule has 5 nitrogen and oxygen atoms in total. The molecule has 5 heteroatoms. The van der Waals surface area contributed by atoms with Crippen molar-refractivity contribution in [3.05, 3.63) is 11.9 Å². The van der Waals surface area contributed by atoms with Crippen LogP contribution in [-0.4, -0.2) is 22.3 Å². The number of anilines is 1. The first-order valence-electron chi connectivity index (χ1n) is 3.61. The van der Waals surface area contributed by atoms with Crippen molar-refractivity contribution in [1.29, 1.82) is 0 Å². The summed E-state index contributed by atoms with van der Waals surface area (Å²) < 4.78 is 4.89. The summed E-state index contributed by atoms with van der Waals surface area (Å²) in [5, 5.41) is 6.06. The van der Waals surface area contributed by atoms with Gasteiger partial charge in [-0.05, 0) is 13.8 Å². The fourth-order valence-electron chi connectivity index (χ4n) is 0.732. The lowest BCUT2D eigenvalue weighted by molar-refractivity contribution is 0.0372. The number of esters is 1. The molecule has 0 saturated carbocycles. The third-order valence-electron chi connectivity index (χ3n) is 1.22. The van der Waals surface area contributed by atoms with Crippen molar-refractivity contribution < 1.29 is 9.53 Å². The second-order valence-electron chi connectivity index (χ2n) is 2.65. The number of ether oxygens (including phenoxy) is 1. The summed E-state index contributed by atoms with van der Waals surface area (Å²) in [5.74, 6) is -0.472. The molecule has 0 unspecified atom stereocenters. The highest BCUT2D eigenvalue weighted by atomic mass is 16.5. The van der Waals surface area contributed by atoms with Gasteiger partial charge in [0.25, 0.3) is 0 Å². The normalized spacial score (nSPS) is 10.2. The summed E-state index contributed by atoms with van der Waals surface area (Å²) in [6, 6.07) is 0. The van der Waals surface area contributed by atoms with E-state index < -0.39 is 5.97 Å². The molecule has 1 aromatic heterocycles. The quantitative estimate of drug-likeness (QED) is 0.634. The van der Waals surface area contributed by atoms with Crippen LogP contribution in [0.15, 0.2) is 6.20 Å². The van der Waals surface area contributed by atoms with Gasteiger partial charge in [-0.3, -0.25) is 5.10 Å². The topological polar surface area (TPSA) is 81.0 Å². The molecule has 0 radical (unpaired) electrons. The minimum Gasteiger partial charge on any atom is -0.458 e. The molecule has 0 fully saturated rings. The molecule has 0 spiro atoms. The molecule has 0 amide bonds. The molecule has 1 heterocycles. The zero-order chi connectivity index (χ0) is 9.14. The number of rotatable bonds is 2. The van der Waals surface area contributed by atoms with Gasteiger partial charge >= 0.3 is 5.97 Å². The van der Waals surface area contributed by atoms with Crippen LogP contribution in [0.2, 0.25) is 0 Å². The molecule has 0 aliphatic heterocycles. The highest BCUT2D eigenvalue weighted by Crippen LogP contribution is 2.08. The average molecular weight is 169 g/mol. The molecule has 1 rings (SSSR count). The Hall–Kier alpha value is -1.52. The van der Waals surface area contributed by atoms with Gasteiger partial charge < -0.3 is 10.5 Å². The minimum atomic E-state index is -0.472. The van der Waals surface area contributed by atoms with Crippen LogP contribution in [0.4, 0.5) is 5.69 Å². The Labute approximate surface area is 69.9 Å². The number of hydrogen-bond acceptors (Lipinski definition) is 4. The second kappa shape index (κ2) is 3.25. The smallest absolute Gasteiger partial charge is 0.358 e. The van der Waals surface area contributed by atoms with Gasteiger partial charge in [0.2, 0.25) is 0 Å². The Morgan fingerprint density at radius 2 is 2.42 bits per heavy atom. The lowest BCUT2D eigenvalue weighted by atomic mass is 10.4. The number of aromatic nitrogens is 2. The van der Waals surface area contributed by atoms with E-state index in [0.717, 1.165) is 0 Å². The molecule has 1 aromatic rings. The van der Waals surface area contributed by atoms with E-state index in [2.05, 4.69) is 10.2 Å². The second-order valence-corrected chi connectivity index (χ2v) is 2.65. The number of carbonyl (C=O) groups is 1. The minimum absolute atomic E-state index is 0.153. The van der Waals surface area contributed by atoms with E-state index in [0.29, 0.717) is 5.69 Å². The molecule has 0 saturated heterocycles. The zero-order valence-electron chi connectivity index (χ0n) is 7.00. The van der Waals surface area contributed by atoms with E-state index in [1.54, 1.807) is 13.8 Å². The molecule has 0 aromatic carbocycles. The van der Waals surface area contributed by atoms with Gasteiger partial charge in [-0.15, -0.1) is 0 Å². The summed E-state index contributed by atoms with van der Waals surface area (Å²) in [5.41, 5.74) is 5.94. The van der Waals surface area contributed by atoms with E-state index in [4.69, 9.17) is 10.5 Å². The van der Waals surface area contributed by atoms with Crippen LogP contribution in [-0.2, 0) is 4.74 Å². The van der Waals surface area contributed by atoms with Gasteiger partial charge in [0.15, 0.2) is 5.69 Å². The predicted octanol–water partition coefficient (Wildman–Crippen LogP) is 0.557. The number of nitrogens with zero attached hydrogens (tertiary/aromatic N) is 1. The van der Waals surface area contributed by atoms with Crippen molar-refractivity contribution in [2.45, 2.75) is 20.0 Å². The van der Waals surface area contributed by atoms with E-state index in [1.165, 1.54) is 6.20 Å². The van der Waals surface area contributed by atoms with E-state index in [1.807, 2.05) is 0 Å². The number of aromatic amines is 1. The summed E-state index contributed by atoms with van der Waals surface area (Å²) in [6.07, 6.45) is 1.22. The molecule has 12 heavy (non-hydrogen) atoms. The van der Waals surface area contributed by atoms with Gasteiger partial charge in [0.1, 0.15) is 0 Å². The van der Waals surface area contributed by atoms with Crippen LogP contribution < -0.4 is 5.73 Å². The number of nitrogen functional groups attached to an aromatic ring is 1. The molecular weight excluding hydrogens is 158 g/mol. The van der Waals surface area contributed by atoms with E-state index in [-0.39, 0.29) is 11.8 Å². The van der Waals surface area contributed by atoms with Crippen LogP contribution >= 0.6 is 0 Å². The SMILES string of the molecule is CC(C)OC(=O)c1[nH]ncc1N. The molecule has 66 valence electrons. The maximum Gasteiger partial charge on any atom is 0.358 e. The Balaban J connectivity index is 2.72. The Morgan fingerprint density at radius 1 is 1.75 bits per heavy atom. The van der Waals surface area contributed by atoms with Crippen molar-refractivity contribution in [3.63, 3.8) is 0 Å². The monoisotopic (exact) mass is 169 g/mol.